The number of carbonyl (C=O) groups excluding carboxylic acids is 2. The summed E-state index contributed by atoms with van der Waals surface area (Å²) in [6.45, 7) is 0.756. The molecule has 0 saturated heterocycles. The predicted octanol–water partition coefficient (Wildman–Crippen LogP) is 3.41. The SMILES string of the molecule is O=C(NO)c1ccc2c(c1)CCCN(C(=O)c1ccc(C(F)(F)F)cc1)C2. The topological polar surface area (TPSA) is 69.6 Å². The van der Waals surface area contributed by atoms with Crippen molar-refractivity contribution in [2.24, 2.45) is 0 Å². The zero-order valence-electron chi connectivity index (χ0n) is 14.2. The van der Waals surface area contributed by atoms with Gasteiger partial charge in [0.1, 0.15) is 0 Å². The zero-order valence-corrected chi connectivity index (χ0v) is 14.2. The highest BCUT2D eigenvalue weighted by atomic mass is 19.4. The molecule has 8 heteroatoms. The molecule has 0 aliphatic carbocycles. The molecule has 2 aromatic rings. The number of rotatable bonds is 2. The Hall–Kier alpha value is -2.87. The minimum atomic E-state index is -4.44. The normalized spacial score (nSPS) is 14.3. The van der Waals surface area contributed by atoms with Gasteiger partial charge in [-0.25, -0.2) is 5.48 Å². The van der Waals surface area contributed by atoms with E-state index in [9.17, 15) is 22.8 Å². The van der Waals surface area contributed by atoms with Gasteiger partial charge in [0.15, 0.2) is 0 Å². The molecule has 0 fully saturated rings. The standard InChI is InChI=1S/C19H17F3N2O3/c20-19(21,22)16-7-5-12(6-8-16)18(26)24-9-1-2-13-10-14(17(25)23-27)3-4-15(13)11-24/h3-8,10,27H,1-2,9,11H2,(H,23,25). The van der Waals surface area contributed by atoms with Crippen LogP contribution in [0.5, 0.6) is 0 Å². The lowest BCUT2D eigenvalue weighted by molar-refractivity contribution is -0.137. The molecule has 0 spiro atoms. The number of benzene rings is 2. The summed E-state index contributed by atoms with van der Waals surface area (Å²) >= 11 is 0. The van der Waals surface area contributed by atoms with Gasteiger partial charge in [0.2, 0.25) is 0 Å². The zero-order chi connectivity index (χ0) is 19.6. The lowest BCUT2D eigenvalue weighted by Crippen LogP contribution is -2.30. The smallest absolute Gasteiger partial charge is 0.334 e. The number of aryl methyl sites for hydroxylation is 1. The van der Waals surface area contributed by atoms with Crippen molar-refractivity contribution in [3.63, 3.8) is 0 Å². The van der Waals surface area contributed by atoms with Crippen LogP contribution in [0.3, 0.4) is 0 Å². The number of carbonyl (C=O) groups is 2. The van der Waals surface area contributed by atoms with Crippen molar-refractivity contribution in [1.29, 1.82) is 0 Å². The number of hydrogen-bond donors (Lipinski definition) is 2. The van der Waals surface area contributed by atoms with Crippen LogP contribution in [-0.4, -0.2) is 28.5 Å². The number of halogens is 3. The van der Waals surface area contributed by atoms with Gasteiger partial charge in [0.05, 0.1) is 5.56 Å². The molecule has 0 saturated carbocycles. The van der Waals surface area contributed by atoms with E-state index in [-0.39, 0.29) is 11.5 Å². The van der Waals surface area contributed by atoms with Gasteiger partial charge < -0.3 is 4.90 Å². The summed E-state index contributed by atoms with van der Waals surface area (Å²) in [5.74, 6) is -0.950. The quantitative estimate of drug-likeness (QED) is 0.622. The summed E-state index contributed by atoms with van der Waals surface area (Å²) < 4.78 is 38.0. The van der Waals surface area contributed by atoms with Gasteiger partial charge in [-0.05, 0) is 60.4 Å². The maximum Gasteiger partial charge on any atom is 0.416 e. The lowest BCUT2D eigenvalue weighted by atomic mass is 10.0. The highest BCUT2D eigenvalue weighted by molar-refractivity contribution is 5.95. The van der Waals surface area contributed by atoms with E-state index in [4.69, 9.17) is 5.21 Å². The van der Waals surface area contributed by atoms with Gasteiger partial charge in [-0.3, -0.25) is 14.8 Å². The third-order valence-corrected chi connectivity index (χ3v) is 4.55. The van der Waals surface area contributed by atoms with E-state index in [1.165, 1.54) is 12.1 Å². The molecule has 1 aliphatic heterocycles. The molecule has 1 aliphatic rings. The highest BCUT2D eigenvalue weighted by Gasteiger charge is 2.30. The van der Waals surface area contributed by atoms with Crippen LogP contribution in [-0.2, 0) is 19.1 Å². The van der Waals surface area contributed by atoms with Crippen LogP contribution in [0.25, 0.3) is 0 Å². The minimum Gasteiger partial charge on any atom is -0.334 e. The second-order valence-corrected chi connectivity index (χ2v) is 6.33. The van der Waals surface area contributed by atoms with Gasteiger partial charge in [0, 0.05) is 24.2 Å². The molecule has 0 radical (unpaired) electrons. The van der Waals surface area contributed by atoms with Crippen molar-refractivity contribution in [3.05, 3.63) is 70.3 Å². The van der Waals surface area contributed by atoms with Gasteiger partial charge in [0.25, 0.3) is 11.8 Å². The first kappa shape index (κ1) is 18.9. The molecule has 27 heavy (non-hydrogen) atoms. The fraction of sp³-hybridized carbons (Fsp3) is 0.263. The van der Waals surface area contributed by atoms with Crippen LogP contribution in [0.1, 0.15) is 43.8 Å². The largest absolute Gasteiger partial charge is 0.416 e. The van der Waals surface area contributed by atoms with Crippen molar-refractivity contribution < 1.29 is 28.0 Å². The summed E-state index contributed by atoms with van der Waals surface area (Å²) in [6.07, 6.45) is -3.13. The summed E-state index contributed by atoms with van der Waals surface area (Å²) in [6, 6.07) is 9.12. The second kappa shape index (κ2) is 7.40. The first-order valence-corrected chi connectivity index (χ1v) is 8.32. The molecule has 2 aromatic carbocycles. The Labute approximate surface area is 153 Å². The highest BCUT2D eigenvalue weighted by Crippen LogP contribution is 2.29. The van der Waals surface area contributed by atoms with Crippen molar-refractivity contribution in [2.45, 2.75) is 25.6 Å². The summed E-state index contributed by atoms with van der Waals surface area (Å²) in [7, 11) is 0. The molecule has 2 N–H and O–H groups in total. The van der Waals surface area contributed by atoms with Gasteiger partial charge in [-0.1, -0.05) is 6.07 Å². The van der Waals surface area contributed by atoms with Crippen molar-refractivity contribution in [1.82, 2.24) is 10.4 Å². The van der Waals surface area contributed by atoms with Crippen LogP contribution >= 0.6 is 0 Å². The van der Waals surface area contributed by atoms with E-state index < -0.39 is 17.6 Å². The number of nitrogens with one attached hydrogen (secondary N) is 1. The van der Waals surface area contributed by atoms with E-state index in [0.29, 0.717) is 31.5 Å². The van der Waals surface area contributed by atoms with Crippen LogP contribution in [0.15, 0.2) is 42.5 Å². The summed E-state index contributed by atoms with van der Waals surface area (Å²) in [5.41, 5.74) is 3.07. The van der Waals surface area contributed by atoms with Crippen LogP contribution in [0, 0.1) is 0 Å². The first-order chi connectivity index (χ1) is 12.8. The molecular formula is C19H17F3N2O3. The van der Waals surface area contributed by atoms with E-state index >= 15 is 0 Å². The molecule has 3 rings (SSSR count). The number of hydrogen-bond acceptors (Lipinski definition) is 3. The van der Waals surface area contributed by atoms with Gasteiger partial charge >= 0.3 is 6.18 Å². The Morgan fingerprint density at radius 3 is 2.30 bits per heavy atom. The molecular weight excluding hydrogens is 361 g/mol. The third-order valence-electron chi connectivity index (χ3n) is 4.55. The molecule has 0 aromatic heterocycles. The lowest BCUT2D eigenvalue weighted by Gasteiger charge is -2.21. The van der Waals surface area contributed by atoms with Crippen LogP contribution in [0.2, 0.25) is 0 Å². The average molecular weight is 378 g/mol. The van der Waals surface area contributed by atoms with Gasteiger partial charge in [-0.15, -0.1) is 0 Å². The second-order valence-electron chi connectivity index (χ2n) is 6.33. The summed E-state index contributed by atoms with van der Waals surface area (Å²) in [4.78, 5) is 25.8. The van der Waals surface area contributed by atoms with Crippen molar-refractivity contribution in [3.8, 4) is 0 Å². The van der Waals surface area contributed by atoms with Crippen molar-refractivity contribution >= 4 is 11.8 Å². The molecule has 2 amide bonds. The van der Waals surface area contributed by atoms with Gasteiger partial charge in [-0.2, -0.15) is 13.2 Å². The number of fused-ring (bicyclic) bond motifs is 1. The molecule has 0 bridgehead atoms. The molecule has 5 nitrogen and oxygen atoms in total. The van der Waals surface area contributed by atoms with E-state index in [0.717, 1.165) is 23.3 Å². The van der Waals surface area contributed by atoms with Crippen LogP contribution in [0.4, 0.5) is 13.2 Å². The Bertz CT molecular complexity index is 863. The monoisotopic (exact) mass is 378 g/mol. The van der Waals surface area contributed by atoms with E-state index in [1.54, 1.807) is 28.6 Å². The maximum absolute atomic E-state index is 12.7. The number of nitrogens with zero attached hydrogens (tertiary/aromatic N) is 1. The fourth-order valence-electron chi connectivity index (χ4n) is 3.12. The Morgan fingerprint density at radius 2 is 1.67 bits per heavy atom. The molecule has 1 heterocycles. The number of amides is 2. The fourth-order valence-corrected chi connectivity index (χ4v) is 3.12. The predicted molar refractivity (Wildman–Crippen MR) is 90.2 cm³/mol. The Morgan fingerprint density at radius 1 is 1.00 bits per heavy atom. The average Bonchev–Trinajstić information content (AvgIpc) is 2.88. The number of hydroxylamine groups is 1. The van der Waals surface area contributed by atoms with E-state index in [2.05, 4.69) is 0 Å². The maximum atomic E-state index is 12.7. The van der Waals surface area contributed by atoms with Crippen LogP contribution < -0.4 is 5.48 Å². The molecule has 142 valence electrons. The minimum absolute atomic E-state index is 0.197. The number of alkyl halides is 3. The molecule has 0 unspecified atom stereocenters. The third kappa shape index (κ3) is 4.11. The first-order valence-electron chi connectivity index (χ1n) is 8.32. The Kier molecular flexibility index (Phi) is 5.18. The van der Waals surface area contributed by atoms with Crippen molar-refractivity contribution in [2.75, 3.05) is 6.54 Å². The molecule has 0 atom stereocenters. The Balaban J connectivity index is 1.80. The summed E-state index contributed by atoms with van der Waals surface area (Å²) in [5, 5.41) is 8.74. The van der Waals surface area contributed by atoms with E-state index in [1.807, 2.05) is 0 Å².